The third kappa shape index (κ3) is 6.50. The van der Waals surface area contributed by atoms with Crippen molar-refractivity contribution in [1.29, 1.82) is 0 Å². The highest BCUT2D eigenvalue weighted by atomic mass is 16.5. The number of hydrogen-bond acceptors (Lipinski definition) is 4. The standard InChI is InChI=1S/C20H28N2O4/c1-14(21-20(25)16-9-5-3-6-10-16)13-18(23)26-15(2)19(24)22-17-11-7-4-8-12-17/h3,5-6,9-10,14-15,17H,4,7-8,11-13H2,1-2H3,(H,21,25)(H,22,24). The van der Waals surface area contributed by atoms with Crippen LogP contribution in [0.3, 0.4) is 0 Å². The minimum absolute atomic E-state index is 0.0135. The summed E-state index contributed by atoms with van der Waals surface area (Å²) in [5.41, 5.74) is 0.535. The summed E-state index contributed by atoms with van der Waals surface area (Å²) >= 11 is 0. The van der Waals surface area contributed by atoms with Crippen molar-refractivity contribution in [3.05, 3.63) is 35.9 Å². The normalized spacial score (nSPS) is 17.0. The van der Waals surface area contributed by atoms with E-state index in [-0.39, 0.29) is 30.3 Å². The zero-order valence-electron chi connectivity index (χ0n) is 15.5. The molecule has 2 rings (SSSR count). The molecule has 2 N–H and O–H groups in total. The summed E-state index contributed by atoms with van der Waals surface area (Å²) in [5, 5.41) is 5.70. The van der Waals surface area contributed by atoms with Crippen LogP contribution in [0.2, 0.25) is 0 Å². The lowest BCUT2D eigenvalue weighted by atomic mass is 9.95. The second-order valence-corrected chi connectivity index (χ2v) is 6.92. The van der Waals surface area contributed by atoms with Crippen molar-refractivity contribution in [3.8, 4) is 0 Å². The number of amides is 2. The Balaban J connectivity index is 1.72. The molecule has 0 aliphatic heterocycles. The monoisotopic (exact) mass is 360 g/mol. The van der Waals surface area contributed by atoms with E-state index < -0.39 is 12.1 Å². The van der Waals surface area contributed by atoms with Gasteiger partial charge in [0.2, 0.25) is 0 Å². The van der Waals surface area contributed by atoms with Gasteiger partial charge in [0.25, 0.3) is 11.8 Å². The van der Waals surface area contributed by atoms with Gasteiger partial charge >= 0.3 is 5.97 Å². The summed E-state index contributed by atoms with van der Waals surface area (Å²) in [6, 6.07) is 8.60. The van der Waals surface area contributed by atoms with Crippen LogP contribution in [0.15, 0.2) is 30.3 Å². The number of rotatable bonds is 7. The fourth-order valence-electron chi connectivity index (χ4n) is 3.06. The lowest BCUT2D eigenvalue weighted by Gasteiger charge is -2.24. The van der Waals surface area contributed by atoms with Crippen molar-refractivity contribution in [2.45, 2.75) is 70.6 Å². The second kappa shape index (κ2) is 9.94. The summed E-state index contributed by atoms with van der Waals surface area (Å²) in [6.07, 6.45) is 4.60. The molecule has 0 radical (unpaired) electrons. The van der Waals surface area contributed by atoms with Crippen LogP contribution in [0.25, 0.3) is 0 Å². The van der Waals surface area contributed by atoms with Crippen LogP contribution in [0.1, 0.15) is 62.7 Å². The highest BCUT2D eigenvalue weighted by Crippen LogP contribution is 2.17. The van der Waals surface area contributed by atoms with E-state index >= 15 is 0 Å². The maximum Gasteiger partial charge on any atom is 0.308 e. The molecule has 1 fully saturated rings. The van der Waals surface area contributed by atoms with Crippen molar-refractivity contribution in [2.24, 2.45) is 0 Å². The van der Waals surface area contributed by atoms with E-state index in [2.05, 4.69) is 10.6 Å². The molecule has 6 heteroatoms. The van der Waals surface area contributed by atoms with E-state index in [1.807, 2.05) is 6.07 Å². The Hall–Kier alpha value is -2.37. The highest BCUT2D eigenvalue weighted by molar-refractivity contribution is 5.94. The van der Waals surface area contributed by atoms with Crippen molar-refractivity contribution in [1.82, 2.24) is 10.6 Å². The van der Waals surface area contributed by atoms with Crippen LogP contribution in [-0.2, 0) is 14.3 Å². The van der Waals surface area contributed by atoms with Crippen LogP contribution in [-0.4, -0.2) is 36.0 Å². The van der Waals surface area contributed by atoms with Crippen molar-refractivity contribution < 1.29 is 19.1 Å². The molecule has 1 aromatic carbocycles. The lowest BCUT2D eigenvalue weighted by Crippen LogP contribution is -2.43. The predicted octanol–water partition coefficient (Wildman–Crippen LogP) is 2.58. The van der Waals surface area contributed by atoms with Gasteiger partial charge in [-0.1, -0.05) is 37.5 Å². The molecule has 1 aliphatic carbocycles. The Kier molecular flexibility index (Phi) is 7.63. The number of carbonyl (C=O) groups excluding carboxylic acids is 3. The number of nitrogens with one attached hydrogen (secondary N) is 2. The van der Waals surface area contributed by atoms with Crippen molar-refractivity contribution in [2.75, 3.05) is 0 Å². The molecule has 142 valence electrons. The van der Waals surface area contributed by atoms with Crippen LogP contribution < -0.4 is 10.6 Å². The molecule has 0 aromatic heterocycles. The smallest absolute Gasteiger partial charge is 0.308 e. The SMILES string of the molecule is CC(CC(=O)OC(C)C(=O)NC1CCCCC1)NC(=O)c1ccccc1. The zero-order chi connectivity index (χ0) is 18.9. The van der Waals surface area contributed by atoms with E-state index in [0.29, 0.717) is 5.56 Å². The molecule has 1 saturated carbocycles. The Morgan fingerprint density at radius 1 is 1.08 bits per heavy atom. The average Bonchev–Trinajstić information content (AvgIpc) is 2.62. The van der Waals surface area contributed by atoms with Gasteiger partial charge in [-0.25, -0.2) is 0 Å². The first-order valence-electron chi connectivity index (χ1n) is 9.31. The van der Waals surface area contributed by atoms with Gasteiger partial charge in [0, 0.05) is 17.6 Å². The first kappa shape index (κ1) is 19.9. The summed E-state index contributed by atoms with van der Waals surface area (Å²) in [4.78, 5) is 36.2. The van der Waals surface area contributed by atoms with E-state index in [4.69, 9.17) is 4.74 Å². The van der Waals surface area contributed by atoms with Gasteiger partial charge in [0.05, 0.1) is 6.42 Å². The minimum atomic E-state index is -0.832. The average molecular weight is 360 g/mol. The molecule has 0 bridgehead atoms. The molecular weight excluding hydrogens is 332 g/mol. The summed E-state index contributed by atoms with van der Waals surface area (Å²) < 4.78 is 5.21. The third-order valence-electron chi connectivity index (χ3n) is 4.52. The summed E-state index contributed by atoms with van der Waals surface area (Å²) in [5.74, 6) is -1.00. The van der Waals surface area contributed by atoms with Gasteiger partial charge < -0.3 is 15.4 Å². The molecule has 2 amide bonds. The first-order chi connectivity index (χ1) is 12.5. The number of ether oxygens (including phenoxy) is 1. The number of carbonyl (C=O) groups is 3. The topological polar surface area (TPSA) is 84.5 Å². The Labute approximate surface area is 154 Å². The van der Waals surface area contributed by atoms with Crippen LogP contribution in [0.4, 0.5) is 0 Å². The largest absolute Gasteiger partial charge is 0.452 e. The van der Waals surface area contributed by atoms with Crippen LogP contribution in [0.5, 0.6) is 0 Å². The molecule has 1 aromatic rings. The van der Waals surface area contributed by atoms with Crippen LogP contribution in [0, 0.1) is 0 Å². The maximum absolute atomic E-state index is 12.1. The fraction of sp³-hybridized carbons (Fsp3) is 0.550. The van der Waals surface area contributed by atoms with Gasteiger partial charge in [0.15, 0.2) is 6.10 Å². The highest BCUT2D eigenvalue weighted by Gasteiger charge is 2.23. The molecule has 26 heavy (non-hydrogen) atoms. The molecule has 1 aliphatic rings. The quantitative estimate of drug-likeness (QED) is 0.732. The Bertz CT molecular complexity index is 611. The van der Waals surface area contributed by atoms with Gasteiger partial charge in [-0.05, 0) is 38.8 Å². The van der Waals surface area contributed by atoms with Gasteiger partial charge in [-0.2, -0.15) is 0 Å². The molecule has 0 heterocycles. The number of hydrogen-bond donors (Lipinski definition) is 2. The molecule has 0 saturated heterocycles. The molecule has 0 spiro atoms. The lowest BCUT2D eigenvalue weighted by molar-refractivity contribution is -0.155. The van der Waals surface area contributed by atoms with E-state index in [0.717, 1.165) is 25.7 Å². The van der Waals surface area contributed by atoms with E-state index in [9.17, 15) is 14.4 Å². The van der Waals surface area contributed by atoms with Crippen LogP contribution >= 0.6 is 0 Å². The van der Waals surface area contributed by atoms with E-state index in [1.54, 1.807) is 38.1 Å². The second-order valence-electron chi connectivity index (χ2n) is 6.92. The first-order valence-corrected chi connectivity index (χ1v) is 9.31. The fourth-order valence-corrected chi connectivity index (χ4v) is 3.06. The third-order valence-corrected chi connectivity index (χ3v) is 4.52. The molecule has 2 unspecified atom stereocenters. The minimum Gasteiger partial charge on any atom is -0.452 e. The number of benzene rings is 1. The van der Waals surface area contributed by atoms with Gasteiger partial charge in [0.1, 0.15) is 0 Å². The zero-order valence-corrected chi connectivity index (χ0v) is 15.5. The maximum atomic E-state index is 12.1. The molecule has 2 atom stereocenters. The van der Waals surface area contributed by atoms with E-state index in [1.165, 1.54) is 6.42 Å². The van der Waals surface area contributed by atoms with Crippen molar-refractivity contribution in [3.63, 3.8) is 0 Å². The Morgan fingerprint density at radius 2 is 1.73 bits per heavy atom. The van der Waals surface area contributed by atoms with Gasteiger partial charge in [-0.15, -0.1) is 0 Å². The van der Waals surface area contributed by atoms with Crippen molar-refractivity contribution >= 4 is 17.8 Å². The molecular formula is C20H28N2O4. The molecule has 6 nitrogen and oxygen atoms in total. The summed E-state index contributed by atoms with van der Waals surface area (Å²) in [6.45, 7) is 3.30. The predicted molar refractivity (Wildman–Crippen MR) is 98.6 cm³/mol. The Morgan fingerprint density at radius 3 is 2.38 bits per heavy atom. The van der Waals surface area contributed by atoms with Gasteiger partial charge in [-0.3, -0.25) is 14.4 Å². The number of esters is 1. The summed E-state index contributed by atoms with van der Waals surface area (Å²) in [7, 11) is 0.